The molecule has 3 rings (SSSR count). The van der Waals surface area contributed by atoms with Crippen LogP contribution in [-0.4, -0.2) is 11.7 Å². The first kappa shape index (κ1) is 11.5. The van der Waals surface area contributed by atoms with Crippen LogP contribution in [0.4, 0.5) is 5.69 Å². The molecule has 1 aliphatic heterocycles. The molecule has 0 radical (unpaired) electrons. The second-order valence-electron chi connectivity index (χ2n) is 5.49. The molecule has 18 heavy (non-hydrogen) atoms. The van der Waals surface area contributed by atoms with Crippen molar-refractivity contribution in [3.8, 4) is 0 Å². The molecule has 0 saturated heterocycles. The molecule has 1 heterocycles. The molecule has 0 bridgehead atoms. The number of carbonyl (C=O) groups excluding carboxylic acids is 2. The van der Waals surface area contributed by atoms with E-state index >= 15 is 0 Å². The summed E-state index contributed by atoms with van der Waals surface area (Å²) in [5, 5.41) is 2.92. The van der Waals surface area contributed by atoms with Crippen LogP contribution in [0.15, 0.2) is 18.2 Å². The number of ketones is 1. The summed E-state index contributed by atoms with van der Waals surface area (Å²) in [6, 6.07) is 5.62. The van der Waals surface area contributed by atoms with Crippen LogP contribution in [0.5, 0.6) is 0 Å². The molecular formula is C15H17NO2. The second-order valence-corrected chi connectivity index (χ2v) is 5.49. The Bertz CT molecular complexity index is 517. The molecular weight excluding hydrogens is 226 g/mol. The topological polar surface area (TPSA) is 46.2 Å². The van der Waals surface area contributed by atoms with E-state index in [-0.39, 0.29) is 17.6 Å². The van der Waals surface area contributed by atoms with Crippen LogP contribution in [0.2, 0.25) is 0 Å². The van der Waals surface area contributed by atoms with Crippen LogP contribution in [-0.2, 0) is 4.79 Å². The van der Waals surface area contributed by atoms with Gasteiger partial charge < -0.3 is 5.32 Å². The molecule has 1 fully saturated rings. The first-order valence-electron chi connectivity index (χ1n) is 6.59. The van der Waals surface area contributed by atoms with E-state index in [4.69, 9.17) is 0 Å². The van der Waals surface area contributed by atoms with Crippen molar-refractivity contribution in [3.05, 3.63) is 29.3 Å². The third-order valence-electron chi connectivity index (χ3n) is 3.93. The van der Waals surface area contributed by atoms with Crippen LogP contribution in [0.25, 0.3) is 0 Å². The molecule has 1 aromatic carbocycles. The molecule has 3 nitrogen and oxygen atoms in total. The Morgan fingerprint density at radius 1 is 1.28 bits per heavy atom. The van der Waals surface area contributed by atoms with Crippen LogP contribution >= 0.6 is 0 Å². The van der Waals surface area contributed by atoms with Gasteiger partial charge in [-0.05, 0) is 30.9 Å². The van der Waals surface area contributed by atoms with Crippen LogP contribution in [0, 0.1) is 18.8 Å². The molecule has 1 saturated carbocycles. The van der Waals surface area contributed by atoms with E-state index in [9.17, 15) is 9.59 Å². The predicted molar refractivity (Wildman–Crippen MR) is 69.6 cm³/mol. The lowest BCUT2D eigenvalue weighted by Gasteiger charge is -2.11. The van der Waals surface area contributed by atoms with Crippen molar-refractivity contribution in [1.29, 1.82) is 0 Å². The summed E-state index contributed by atoms with van der Waals surface area (Å²) < 4.78 is 0. The van der Waals surface area contributed by atoms with E-state index in [0.717, 1.165) is 12.0 Å². The van der Waals surface area contributed by atoms with Gasteiger partial charge in [0, 0.05) is 17.9 Å². The quantitative estimate of drug-likeness (QED) is 0.868. The van der Waals surface area contributed by atoms with Gasteiger partial charge in [-0.2, -0.15) is 0 Å². The third-order valence-corrected chi connectivity index (χ3v) is 3.93. The minimum Gasteiger partial charge on any atom is -0.325 e. The molecule has 1 amide bonds. The van der Waals surface area contributed by atoms with Gasteiger partial charge in [-0.25, -0.2) is 0 Å². The number of hydrogen-bond donors (Lipinski definition) is 1. The van der Waals surface area contributed by atoms with Crippen molar-refractivity contribution in [2.75, 3.05) is 5.32 Å². The molecule has 1 N–H and O–H groups in total. The highest BCUT2D eigenvalue weighted by Gasteiger charge is 2.34. The first-order valence-corrected chi connectivity index (χ1v) is 6.59. The number of Topliss-reactive ketones (excluding diaryl/α,β-unsaturated/α-hetero) is 1. The number of hydrogen-bond acceptors (Lipinski definition) is 2. The highest BCUT2D eigenvalue weighted by atomic mass is 16.2. The van der Waals surface area contributed by atoms with E-state index in [1.807, 2.05) is 25.1 Å². The largest absolute Gasteiger partial charge is 0.325 e. The fraction of sp³-hybridized carbons (Fsp3) is 0.467. The van der Waals surface area contributed by atoms with Gasteiger partial charge in [-0.1, -0.05) is 25.0 Å². The Morgan fingerprint density at radius 3 is 2.78 bits per heavy atom. The lowest BCUT2D eigenvalue weighted by atomic mass is 9.93. The standard InChI is InChI=1S/C15H17NO2/c1-9-3-2-4-12-14(9)13(17)8-11(15(18)16-12)7-10-5-6-10/h2-4,10-11H,5-8H2,1H3,(H,16,18). The molecule has 3 heteroatoms. The van der Waals surface area contributed by atoms with E-state index in [0.29, 0.717) is 23.6 Å². The molecule has 0 spiro atoms. The molecule has 1 aliphatic carbocycles. The Balaban J connectivity index is 1.92. The van der Waals surface area contributed by atoms with Crippen molar-refractivity contribution in [1.82, 2.24) is 0 Å². The second kappa shape index (κ2) is 4.23. The van der Waals surface area contributed by atoms with Crippen LogP contribution in [0.1, 0.15) is 41.6 Å². The van der Waals surface area contributed by atoms with Gasteiger partial charge in [0.15, 0.2) is 5.78 Å². The van der Waals surface area contributed by atoms with Crippen LogP contribution < -0.4 is 5.32 Å². The minimum absolute atomic E-state index is 0.0135. The summed E-state index contributed by atoms with van der Waals surface area (Å²) in [6.45, 7) is 1.92. The van der Waals surface area contributed by atoms with Gasteiger partial charge in [-0.15, -0.1) is 0 Å². The number of anilines is 1. The van der Waals surface area contributed by atoms with Gasteiger partial charge in [0.25, 0.3) is 0 Å². The Kier molecular flexibility index (Phi) is 2.69. The fourth-order valence-corrected chi connectivity index (χ4v) is 2.74. The molecule has 0 aromatic heterocycles. The van der Waals surface area contributed by atoms with Crippen molar-refractivity contribution in [3.63, 3.8) is 0 Å². The molecule has 1 atom stereocenters. The SMILES string of the molecule is Cc1cccc2c1C(=O)CC(CC1CC1)C(=O)N2. The van der Waals surface area contributed by atoms with Gasteiger partial charge in [0.1, 0.15) is 0 Å². The Labute approximate surface area is 107 Å². The van der Waals surface area contributed by atoms with Crippen molar-refractivity contribution >= 4 is 17.4 Å². The maximum Gasteiger partial charge on any atom is 0.227 e. The zero-order valence-electron chi connectivity index (χ0n) is 10.5. The number of aryl methyl sites for hydroxylation is 1. The van der Waals surface area contributed by atoms with Gasteiger partial charge in [-0.3, -0.25) is 9.59 Å². The van der Waals surface area contributed by atoms with Gasteiger partial charge in [0.2, 0.25) is 5.91 Å². The molecule has 1 aromatic rings. The highest BCUT2D eigenvalue weighted by molar-refractivity contribution is 6.10. The lowest BCUT2D eigenvalue weighted by Crippen LogP contribution is -2.22. The number of amides is 1. The smallest absolute Gasteiger partial charge is 0.227 e. The lowest BCUT2D eigenvalue weighted by molar-refractivity contribution is -0.120. The fourth-order valence-electron chi connectivity index (χ4n) is 2.74. The van der Waals surface area contributed by atoms with E-state index in [1.165, 1.54) is 12.8 Å². The van der Waals surface area contributed by atoms with Crippen molar-refractivity contribution in [2.24, 2.45) is 11.8 Å². The zero-order valence-corrected chi connectivity index (χ0v) is 10.5. The predicted octanol–water partition coefficient (Wildman–Crippen LogP) is 2.94. The summed E-state index contributed by atoms with van der Waals surface area (Å²) >= 11 is 0. The van der Waals surface area contributed by atoms with E-state index in [2.05, 4.69) is 5.32 Å². The maximum absolute atomic E-state index is 12.3. The number of rotatable bonds is 2. The Hall–Kier alpha value is -1.64. The molecule has 1 unspecified atom stereocenters. The number of nitrogens with one attached hydrogen (secondary N) is 1. The van der Waals surface area contributed by atoms with Gasteiger partial charge >= 0.3 is 0 Å². The van der Waals surface area contributed by atoms with Gasteiger partial charge in [0.05, 0.1) is 5.69 Å². The first-order chi connectivity index (χ1) is 8.65. The zero-order chi connectivity index (χ0) is 12.7. The molecule has 2 aliphatic rings. The maximum atomic E-state index is 12.3. The summed E-state index contributed by atoms with van der Waals surface area (Å²) in [6.07, 6.45) is 3.65. The Morgan fingerprint density at radius 2 is 2.06 bits per heavy atom. The average Bonchev–Trinajstić information content (AvgIpc) is 3.11. The number of fused-ring (bicyclic) bond motifs is 1. The third kappa shape index (κ3) is 2.05. The van der Waals surface area contributed by atoms with Crippen LogP contribution in [0.3, 0.4) is 0 Å². The van der Waals surface area contributed by atoms with E-state index in [1.54, 1.807) is 0 Å². The summed E-state index contributed by atoms with van der Waals surface area (Å²) in [5.41, 5.74) is 2.33. The highest BCUT2D eigenvalue weighted by Crippen LogP contribution is 2.38. The van der Waals surface area contributed by atoms with Crippen molar-refractivity contribution in [2.45, 2.75) is 32.6 Å². The molecule has 94 valence electrons. The normalized spacial score (nSPS) is 23.3. The average molecular weight is 243 g/mol. The summed E-state index contributed by atoms with van der Waals surface area (Å²) in [5.74, 6) is 0.638. The van der Waals surface area contributed by atoms with E-state index < -0.39 is 0 Å². The summed E-state index contributed by atoms with van der Waals surface area (Å²) in [7, 11) is 0. The minimum atomic E-state index is -0.142. The number of benzene rings is 1. The number of carbonyl (C=O) groups is 2. The monoisotopic (exact) mass is 243 g/mol. The summed E-state index contributed by atoms with van der Waals surface area (Å²) in [4.78, 5) is 24.4. The van der Waals surface area contributed by atoms with Crippen molar-refractivity contribution < 1.29 is 9.59 Å².